The van der Waals surface area contributed by atoms with Crippen LogP contribution in [0.3, 0.4) is 0 Å². The third-order valence-electron chi connectivity index (χ3n) is 3.00. The number of hydrogen-bond donors (Lipinski definition) is 1. The highest BCUT2D eigenvalue weighted by atomic mass is 35.5. The third kappa shape index (κ3) is 3.40. The van der Waals surface area contributed by atoms with E-state index >= 15 is 0 Å². The first-order valence-corrected chi connectivity index (χ1v) is 6.61. The minimum absolute atomic E-state index is 0.0603. The summed E-state index contributed by atoms with van der Waals surface area (Å²) in [6.07, 6.45) is 1.63. The molecule has 0 radical (unpaired) electrons. The molecular weight excluding hydrogens is 276 g/mol. The number of pyridine rings is 1. The Hall–Kier alpha value is -1.78. The highest BCUT2D eigenvalue weighted by Gasteiger charge is 2.09. The monoisotopic (exact) mass is 292 g/mol. The summed E-state index contributed by atoms with van der Waals surface area (Å²) in [5, 5.41) is 9.59. The number of hydrogen-bond acceptors (Lipinski definition) is 4. The first kappa shape index (κ1) is 14.6. The summed E-state index contributed by atoms with van der Waals surface area (Å²) >= 11 is 6.18. The van der Waals surface area contributed by atoms with Crippen molar-refractivity contribution in [3.8, 4) is 5.75 Å². The van der Waals surface area contributed by atoms with Gasteiger partial charge in [0, 0.05) is 19.8 Å². The molecule has 1 aromatic carbocycles. The van der Waals surface area contributed by atoms with Gasteiger partial charge in [-0.25, -0.2) is 4.98 Å². The fraction of sp³-hybridized carbons (Fsp3) is 0.267. The SMILES string of the molecule is COc1ccc(CN(C)c2ncc(CO)cc2Cl)cc1. The second-order valence-electron chi connectivity index (χ2n) is 4.51. The molecule has 2 aromatic rings. The molecule has 0 aliphatic rings. The van der Waals surface area contributed by atoms with E-state index in [1.54, 1.807) is 19.4 Å². The Kier molecular flexibility index (Phi) is 4.82. The molecule has 0 saturated carbocycles. The quantitative estimate of drug-likeness (QED) is 0.920. The molecule has 0 spiro atoms. The summed E-state index contributed by atoms with van der Waals surface area (Å²) in [7, 11) is 3.57. The zero-order valence-corrected chi connectivity index (χ0v) is 12.3. The van der Waals surface area contributed by atoms with Gasteiger partial charge in [0.15, 0.2) is 0 Å². The van der Waals surface area contributed by atoms with Crippen LogP contribution in [0.1, 0.15) is 11.1 Å². The van der Waals surface area contributed by atoms with Crippen molar-refractivity contribution < 1.29 is 9.84 Å². The standard InChI is InChI=1S/C15H17ClN2O2/c1-18(9-11-3-5-13(20-2)6-4-11)15-14(16)7-12(10-19)8-17-15/h3-8,19H,9-10H2,1-2H3. The Labute approximate surface area is 123 Å². The van der Waals surface area contributed by atoms with Crippen molar-refractivity contribution in [2.75, 3.05) is 19.1 Å². The Bertz CT molecular complexity index is 573. The Morgan fingerprint density at radius 2 is 1.95 bits per heavy atom. The molecule has 106 valence electrons. The minimum Gasteiger partial charge on any atom is -0.497 e. The lowest BCUT2D eigenvalue weighted by Gasteiger charge is -2.20. The third-order valence-corrected chi connectivity index (χ3v) is 3.28. The van der Waals surface area contributed by atoms with Crippen LogP contribution in [-0.2, 0) is 13.2 Å². The molecule has 1 heterocycles. The van der Waals surface area contributed by atoms with Crippen molar-refractivity contribution >= 4 is 17.4 Å². The maximum absolute atomic E-state index is 9.05. The van der Waals surface area contributed by atoms with Gasteiger partial charge in [0.25, 0.3) is 0 Å². The normalized spacial score (nSPS) is 10.4. The van der Waals surface area contributed by atoms with Gasteiger partial charge in [0.05, 0.1) is 18.7 Å². The molecule has 2 rings (SSSR count). The predicted molar refractivity (Wildman–Crippen MR) is 80.3 cm³/mol. The number of aliphatic hydroxyl groups excluding tert-OH is 1. The van der Waals surface area contributed by atoms with Crippen LogP contribution >= 0.6 is 11.6 Å². The molecule has 0 saturated heterocycles. The van der Waals surface area contributed by atoms with Crippen LogP contribution in [0.2, 0.25) is 5.02 Å². The van der Waals surface area contributed by atoms with Crippen LogP contribution < -0.4 is 9.64 Å². The summed E-state index contributed by atoms with van der Waals surface area (Å²) in [4.78, 5) is 6.25. The van der Waals surface area contributed by atoms with E-state index in [0.717, 1.165) is 11.3 Å². The van der Waals surface area contributed by atoms with Gasteiger partial charge in [-0.05, 0) is 29.3 Å². The van der Waals surface area contributed by atoms with Crippen molar-refractivity contribution in [2.24, 2.45) is 0 Å². The molecule has 5 heteroatoms. The zero-order chi connectivity index (χ0) is 14.5. The van der Waals surface area contributed by atoms with Crippen molar-refractivity contribution in [3.63, 3.8) is 0 Å². The average Bonchev–Trinajstić information content (AvgIpc) is 2.47. The van der Waals surface area contributed by atoms with Crippen molar-refractivity contribution in [1.82, 2.24) is 4.98 Å². The maximum Gasteiger partial charge on any atom is 0.147 e. The first-order chi connectivity index (χ1) is 9.63. The second-order valence-corrected chi connectivity index (χ2v) is 4.92. The van der Waals surface area contributed by atoms with Crippen LogP contribution in [0.5, 0.6) is 5.75 Å². The predicted octanol–water partition coefficient (Wildman–Crippen LogP) is 2.87. The molecule has 0 bridgehead atoms. The lowest BCUT2D eigenvalue weighted by molar-refractivity contribution is 0.281. The van der Waals surface area contributed by atoms with E-state index in [1.807, 2.05) is 36.2 Å². The van der Waals surface area contributed by atoms with Gasteiger partial charge in [-0.1, -0.05) is 23.7 Å². The van der Waals surface area contributed by atoms with Gasteiger partial charge in [0.2, 0.25) is 0 Å². The molecule has 0 unspecified atom stereocenters. The van der Waals surface area contributed by atoms with Crippen LogP contribution in [0.4, 0.5) is 5.82 Å². The summed E-state index contributed by atoms with van der Waals surface area (Å²) in [5.41, 5.74) is 1.84. The van der Waals surface area contributed by atoms with Gasteiger partial charge in [-0.2, -0.15) is 0 Å². The first-order valence-electron chi connectivity index (χ1n) is 6.23. The number of methoxy groups -OCH3 is 1. The number of ether oxygens (including phenoxy) is 1. The minimum atomic E-state index is -0.0603. The maximum atomic E-state index is 9.05. The Balaban J connectivity index is 2.12. The summed E-state index contributed by atoms with van der Waals surface area (Å²) in [6.45, 7) is 0.629. The van der Waals surface area contributed by atoms with Crippen LogP contribution in [0, 0.1) is 0 Å². The molecule has 0 atom stereocenters. The number of nitrogens with zero attached hydrogens (tertiary/aromatic N) is 2. The highest BCUT2D eigenvalue weighted by Crippen LogP contribution is 2.24. The molecule has 0 aliphatic heterocycles. The van der Waals surface area contributed by atoms with E-state index in [-0.39, 0.29) is 6.61 Å². The van der Waals surface area contributed by atoms with Gasteiger partial charge in [-0.3, -0.25) is 0 Å². The van der Waals surface area contributed by atoms with Gasteiger partial charge >= 0.3 is 0 Å². The fourth-order valence-electron chi connectivity index (χ4n) is 1.92. The molecule has 0 fully saturated rings. The zero-order valence-electron chi connectivity index (χ0n) is 11.5. The topological polar surface area (TPSA) is 45.6 Å². The number of benzene rings is 1. The lowest BCUT2D eigenvalue weighted by atomic mass is 10.2. The fourth-order valence-corrected chi connectivity index (χ4v) is 2.25. The van der Waals surface area contributed by atoms with E-state index in [9.17, 15) is 0 Å². The van der Waals surface area contributed by atoms with Gasteiger partial charge in [0.1, 0.15) is 11.6 Å². The Morgan fingerprint density at radius 1 is 1.25 bits per heavy atom. The lowest BCUT2D eigenvalue weighted by Crippen LogP contribution is -2.18. The van der Waals surface area contributed by atoms with E-state index in [0.29, 0.717) is 22.9 Å². The molecular formula is C15H17ClN2O2. The molecule has 0 amide bonds. The van der Waals surface area contributed by atoms with Gasteiger partial charge < -0.3 is 14.7 Å². The molecule has 1 N–H and O–H groups in total. The van der Waals surface area contributed by atoms with Crippen molar-refractivity contribution in [3.05, 3.63) is 52.7 Å². The van der Waals surface area contributed by atoms with Crippen molar-refractivity contribution in [2.45, 2.75) is 13.2 Å². The molecule has 0 aliphatic carbocycles. The number of aromatic nitrogens is 1. The van der Waals surface area contributed by atoms with E-state index < -0.39 is 0 Å². The smallest absolute Gasteiger partial charge is 0.147 e. The van der Waals surface area contributed by atoms with E-state index in [4.69, 9.17) is 21.4 Å². The van der Waals surface area contributed by atoms with Crippen LogP contribution in [-0.4, -0.2) is 24.2 Å². The average molecular weight is 293 g/mol. The number of anilines is 1. The Morgan fingerprint density at radius 3 is 2.50 bits per heavy atom. The van der Waals surface area contributed by atoms with E-state index in [2.05, 4.69) is 4.98 Å². The number of aliphatic hydroxyl groups is 1. The summed E-state index contributed by atoms with van der Waals surface area (Å²) < 4.78 is 5.13. The second kappa shape index (κ2) is 6.59. The van der Waals surface area contributed by atoms with Gasteiger partial charge in [-0.15, -0.1) is 0 Å². The van der Waals surface area contributed by atoms with Crippen molar-refractivity contribution in [1.29, 1.82) is 0 Å². The van der Waals surface area contributed by atoms with Crippen LogP contribution in [0.15, 0.2) is 36.5 Å². The molecule has 4 nitrogen and oxygen atoms in total. The van der Waals surface area contributed by atoms with E-state index in [1.165, 1.54) is 0 Å². The molecule has 20 heavy (non-hydrogen) atoms. The number of rotatable bonds is 5. The highest BCUT2D eigenvalue weighted by molar-refractivity contribution is 6.33. The summed E-state index contributed by atoms with van der Waals surface area (Å²) in [5.74, 6) is 1.53. The largest absolute Gasteiger partial charge is 0.497 e. The summed E-state index contributed by atoms with van der Waals surface area (Å²) in [6, 6.07) is 9.59. The molecule has 1 aromatic heterocycles. The van der Waals surface area contributed by atoms with Crippen LogP contribution in [0.25, 0.3) is 0 Å². The number of halogens is 1.